The van der Waals surface area contributed by atoms with Crippen LogP contribution in [0.15, 0.2) is 18.2 Å². The van der Waals surface area contributed by atoms with Crippen molar-refractivity contribution in [2.45, 2.75) is 71.6 Å². The molecule has 0 radical (unpaired) electrons. The molecule has 1 aliphatic carbocycles. The summed E-state index contributed by atoms with van der Waals surface area (Å²) in [6.07, 6.45) is 11.7. The highest BCUT2D eigenvalue weighted by atomic mass is 14.5. The fraction of sp³-hybridized carbons (Fsp3) is 0.684. The van der Waals surface area contributed by atoms with Crippen molar-refractivity contribution in [3.8, 4) is 0 Å². The molecule has 0 saturated heterocycles. The molecule has 1 fully saturated rings. The molecule has 1 aromatic rings. The maximum absolute atomic E-state index is 5.86. The Kier molecular flexibility index (Phi) is 5.65. The summed E-state index contributed by atoms with van der Waals surface area (Å²) in [6, 6.07) is 7.09. The zero-order chi connectivity index (χ0) is 14.4. The third kappa shape index (κ3) is 3.63. The first-order valence-electron chi connectivity index (χ1n) is 8.54. The second-order valence-electron chi connectivity index (χ2n) is 6.56. The molecule has 1 aromatic carbocycles. The molecule has 1 aliphatic rings. The maximum Gasteiger partial charge on any atom is -0.00720 e. The Morgan fingerprint density at radius 3 is 2.35 bits per heavy atom. The van der Waals surface area contributed by atoms with Gasteiger partial charge in [-0.2, -0.15) is 0 Å². The van der Waals surface area contributed by atoms with Crippen molar-refractivity contribution in [1.29, 1.82) is 0 Å². The Labute approximate surface area is 125 Å². The van der Waals surface area contributed by atoms with Gasteiger partial charge in [-0.25, -0.2) is 0 Å². The van der Waals surface area contributed by atoms with Crippen LogP contribution in [0.25, 0.3) is 0 Å². The van der Waals surface area contributed by atoms with Crippen molar-refractivity contribution >= 4 is 0 Å². The first-order chi connectivity index (χ1) is 9.73. The van der Waals surface area contributed by atoms with E-state index >= 15 is 0 Å². The highest BCUT2D eigenvalue weighted by molar-refractivity contribution is 5.32. The van der Waals surface area contributed by atoms with E-state index in [0.717, 1.165) is 19.4 Å². The Balaban J connectivity index is 2.08. The van der Waals surface area contributed by atoms with Crippen molar-refractivity contribution in [1.82, 2.24) is 0 Å². The lowest BCUT2D eigenvalue weighted by Crippen LogP contribution is -2.22. The van der Waals surface area contributed by atoms with E-state index in [1.807, 2.05) is 0 Å². The molecular weight excluding hydrogens is 242 g/mol. The lowest BCUT2D eigenvalue weighted by molar-refractivity contribution is 0.253. The normalized spacial score (nSPS) is 17.6. The van der Waals surface area contributed by atoms with Gasteiger partial charge in [0.15, 0.2) is 0 Å². The summed E-state index contributed by atoms with van der Waals surface area (Å²) in [5, 5.41) is 0. The molecule has 0 heterocycles. The van der Waals surface area contributed by atoms with Gasteiger partial charge in [0.25, 0.3) is 0 Å². The minimum Gasteiger partial charge on any atom is -0.330 e. The van der Waals surface area contributed by atoms with Gasteiger partial charge in [0.1, 0.15) is 0 Å². The van der Waals surface area contributed by atoms with Crippen LogP contribution in [0.3, 0.4) is 0 Å². The molecule has 0 unspecified atom stereocenters. The summed E-state index contributed by atoms with van der Waals surface area (Å²) in [4.78, 5) is 0. The average Bonchev–Trinajstić information content (AvgIpc) is 2.94. The lowest BCUT2D eigenvalue weighted by Gasteiger charge is -2.29. The zero-order valence-corrected chi connectivity index (χ0v) is 13.4. The van der Waals surface area contributed by atoms with Gasteiger partial charge in [-0.1, -0.05) is 44.9 Å². The van der Waals surface area contributed by atoms with Crippen LogP contribution in [-0.4, -0.2) is 6.54 Å². The van der Waals surface area contributed by atoms with Crippen molar-refractivity contribution in [3.63, 3.8) is 0 Å². The molecule has 0 aromatic heterocycles. The number of hydrogen-bond donors (Lipinski definition) is 1. The quantitative estimate of drug-likeness (QED) is 0.768. The van der Waals surface area contributed by atoms with Gasteiger partial charge in [0.2, 0.25) is 0 Å². The van der Waals surface area contributed by atoms with Crippen LogP contribution in [0.2, 0.25) is 0 Å². The van der Waals surface area contributed by atoms with E-state index < -0.39 is 0 Å². The zero-order valence-electron chi connectivity index (χ0n) is 13.4. The summed E-state index contributed by atoms with van der Waals surface area (Å²) >= 11 is 0. The smallest absolute Gasteiger partial charge is 0.00720 e. The lowest BCUT2D eigenvalue weighted by atomic mass is 9.77. The van der Waals surface area contributed by atoms with Gasteiger partial charge in [0.05, 0.1) is 0 Å². The highest BCUT2D eigenvalue weighted by Gasteiger charge is 2.32. The summed E-state index contributed by atoms with van der Waals surface area (Å²) in [5.41, 5.74) is 11.0. The molecule has 2 N–H and O–H groups in total. The summed E-state index contributed by atoms with van der Waals surface area (Å²) < 4.78 is 0. The highest BCUT2D eigenvalue weighted by Crippen LogP contribution is 2.44. The van der Waals surface area contributed by atoms with E-state index in [4.69, 9.17) is 5.73 Å². The second kappa shape index (κ2) is 7.26. The Hall–Kier alpha value is -0.820. The van der Waals surface area contributed by atoms with E-state index in [0.29, 0.717) is 5.41 Å². The number of rotatable bonds is 7. The van der Waals surface area contributed by atoms with Crippen LogP contribution in [-0.2, 0) is 19.3 Å². The SMILES string of the molecule is CCc1ccc(CC)c(CCC2(CCN)CCCC2)c1. The van der Waals surface area contributed by atoms with Crippen LogP contribution in [0.1, 0.15) is 69.1 Å². The third-order valence-electron chi connectivity index (χ3n) is 5.32. The first-order valence-corrected chi connectivity index (χ1v) is 8.54. The maximum atomic E-state index is 5.86. The number of hydrogen-bond acceptors (Lipinski definition) is 1. The summed E-state index contributed by atoms with van der Waals surface area (Å²) in [5.74, 6) is 0. The minimum atomic E-state index is 0.558. The van der Waals surface area contributed by atoms with Crippen molar-refractivity contribution in [2.75, 3.05) is 6.54 Å². The number of aryl methyl sites for hydroxylation is 3. The van der Waals surface area contributed by atoms with E-state index in [1.54, 1.807) is 11.1 Å². The fourth-order valence-electron chi connectivity index (χ4n) is 3.93. The van der Waals surface area contributed by atoms with E-state index in [9.17, 15) is 0 Å². The average molecular weight is 273 g/mol. The van der Waals surface area contributed by atoms with Gasteiger partial charge >= 0.3 is 0 Å². The van der Waals surface area contributed by atoms with Crippen LogP contribution in [0.4, 0.5) is 0 Å². The molecule has 0 amide bonds. The predicted molar refractivity (Wildman–Crippen MR) is 88.1 cm³/mol. The molecule has 2 rings (SSSR count). The third-order valence-corrected chi connectivity index (χ3v) is 5.32. The van der Waals surface area contributed by atoms with Crippen LogP contribution in [0.5, 0.6) is 0 Å². The van der Waals surface area contributed by atoms with Crippen LogP contribution < -0.4 is 5.73 Å². The van der Waals surface area contributed by atoms with Gasteiger partial charge in [0, 0.05) is 0 Å². The molecule has 0 atom stereocenters. The molecule has 1 saturated carbocycles. The molecule has 0 aliphatic heterocycles. The number of nitrogens with two attached hydrogens (primary N) is 1. The van der Waals surface area contributed by atoms with Crippen molar-refractivity contribution in [3.05, 3.63) is 34.9 Å². The standard InChI is InChI=1S/C19H31N/c1-3-16-7-8-17(4-2)18(15-16)9-12-19(13-14-20)10-5-6-11-19/h7-8,15H,3-6,9-14,20H2,1-2H3. The first kappa shape index (κ1) is 15.6. The molecule has 1 nitrogen and oxygen atoms in total. The molecule has 1 heteroatoms. The van der Waals surface area contributed by atoms with Gasteiger partial charge < -0.3 is 5.73 Å². The molecule has 0 spiro atoms. The van der Waals surface area contributed by atoms with Crippen molar-refractivity contribution < 1.29 is 0 Å². The fourth-order valence-corrected chi connectivity index (χ4v) is 3.93. The molecular formula is C19H31N. The van der Waals surface area contributed by atoms with Gasteiger partial charge in [-0.05, 0) is 73.6 Å². The van der Waals surface area contributed by atoms with E-state index in [-0.39, 0.29) is 0 Å². The topological polar surface area (TPSA) is 26.0 Å². The van der Waals surface area contributed by atoms with Crippen molar-refractivity contribution in [2.24, 2.45) is 11.1 Å². The van der Waals surface area contributed by atoms with E-state index in [1.165, 1.54) is 50.5 Å². The monoisotopic (exact) mass is 273 g/mol. The molecule has 20 heavy (non-hydrogen) atoms. The second-order valence-corrected chi connectivity index (χ2v) is 6.56. The Morgan fingerprint density at radius 2 is 1.75 bits per heavy atom. The molecule has 0 bridgehead atoms. The predicted octanol–water partition coefficient (Wildman–Crippen LogP) is 4.65. The van der Waals surface area contributed by atoms with Gasteiger partial charge in [-0.15, -0.1) is 0 Å². The Morgan fingerprint density at radius 1 is 1.00 bits per heavy atom. The summed E-state index contributed by atoms with van der Waals surface area (Å²) in [7, 11) is 0. The largest absolute Gasteiger partial charge is 0.330 e. The summed E-state index contributed by atoms with van der Waals surface area (Å²) in [6.45, 7) is 5.38. The van der Waals surface area contributed by atoms with Gasteiger partial charge in [-0.3, -0.25) is 0 Å². The van der Waals surface area contributed by atoms with Crippen LogP contribution >= 0.6 is 0 Å². The molecule has 112 valence electrons. The minimum absolute atomic E-state index is 0.558. The number of benzene rings is 1. The van der Waals surface area contributed by atoms with E-state index in [2.05, 4.69) is 32.0 Å². The van der Waals surface area contributed by atoms with Crippen LogP contribution in [0, 0.1) is 5.41 Å². The Bertz CT molecular complexity index is 416.